The Morgan fingerprint density at radius 1 is 1.38 bits per heavy atom. The van der Waals surface area contributed by atoms with Crippen molar-refractivity contribution < 1.29 is 17.9 Å². The molecule has 9 nitrogen and oxygen atoms in total. The number of hydrogen-bond acceptors (Lipinski definition) is 6. The summed E-state index contributed by atoms with van der Waals surface area (Å²) in [6.07, 6.45) is 2.76. The highest BCUT2D eigenvalue weighted by Gasteiger charge is 2.34. The number of carbonyl (C=O) groups is 1. The summed E-state index contributed by atoms with van der Waals surface area (Å²) in [6, 6.07) is 4.58. The van der Waals surface area contributed by atoms with Crippen molar-refractivity contribution in [2.24, 2.45) is 5.92 Å². The Kier molecular flexibility index (Phi) is 5.08. The molecule has 0 bridgehead atoms. The van der Waals surface area contributed by atoms with E-state index in [0.717, 1.165) is 4.31 Å². The fourth-order valence-corrected chi connectivity index (χ4v) is 3.94. The van der Waals surface area contributed by atoms with Gasteiger partial charge in [0, 0.05) is 32.4 Å². The summed E-state index contributed by atoms with van der Waals surface area (Å²) >= 11 is 0. The molecule has 1 aliphatic heterocycles. The van der Waals surface area contributed by atoms with Crippen molar-refractivity contribution >= 4 is 21.6 Å². The normalized spacial score (nSPS) is 20.6. The minimum atomic E-state index is -3.43. The zero-order valence-electron chi connectivity index (χ0n) is 14.5. The molecule has 26 heavy (non-hydrogen) atoms. The van der Waals surface area contributed by atoms with Gasteiger partial charge in [0.1, 0.15) is 11.2 Å². The lowest BCUT2D eigenvalue weighted by molar-refractivity contribution is 0.0924. The number of amides is 1. The van der Waals surface area contributed by atoms with Gasteiger partial charge in [-0.05, 0) is 12.1 Å². The molecule has 1 N–H and O–H groups in total. The fourth-order valence-electron chi connectivity index (χ4n) is 2.77. The Morgan fingerprint density at radius 2 is 2.15 bits per heavy atom. The minimum Gasteiger partial charge on any atom is -0.379 e. The van der Waals surface area contributed by atoms with Crippen LogP contribution in [0, 0.1) is 5.92 Å². The highest BCUT2D eigenvalue weighted by molar-refractivity contribution is 7.89. The number of carbonyl (C=O) groups excluding carboxylic acids is 1. The number of rotatable bonds is 5. The average Bonchev–Trinajstić information content (AvgIpc) is 3.01. The zero-order valence-corrected chi connectivity index (χ0v) is 15.3. The van der Waals surface area contributed by atoms with Crippen LogP contribution in [0.1, 0.15) is 10.4 Å². The third kappa shape index (κ3) is 3.62. The third-order valence-corrected chi connectivity index (χ3v) is 6.32. The van der Waals surface area contributed by atoms with Crippen LogP contribution in [0.4, 0.5) is 0 Å². The summed E-state index contributed by atoms with van der Waals surface area (Å²) in [5, 5.41) is 2.71. The molecule has 1 amide bonds. The van der Waals surface area contributed by atoms with Crippen molar-refractivity contribution in [3.8, 4) is 0 Å². The van der Waals surface area contributed by atoms with Gasteiger partial charge in [-0.2, -0.15) is 0 Å². The van der Waals surface area contributed by atoms with Crippen LogP contribution in [0.3, 0.4) is 0 Å². The van der Waals surface area contributed by atoms with Gasteiger partial charge in [-0.3, -0.25) is 14.0 Å². The first-order valence-electron chi connectivity index (χ1n) is 8.05. The molecule has 0 radical (unpaired) electrons. The summed E-state index contributed by atoms with van der Waals surface area (Å²) in [4.78, 5) is 29.1. The Bertz CT molecular complexity index is 986. The van der Waals surface area contributed by atoms with E-state index in [0.29, 0.717) is 5.65 Å². The number of sulfonamides is 1. The van der Waals surface area contributed by atoms with E-state index in [-0.39, 0.29) is 30.4 Å². The van der Waals surface area contributed by atoms with Gasteiger partial charge in [0.05, 0.1) is 25.0 Å². The Labute approximate surface area is 150 Å². The number of hydrogen-bond donors (Lipinski definition) is 1. The molecule has 1 aliphatic rings. The van der Waals surface area contributed by atoms with E-state index in [1.165, 1.54) is 30.9 Å². The quantitative estimate of drug-likeness (QED) is 0.737. The van der Waals surface area contributed by atoms with E-state index >= 15 is 0 Å². The second-order valence-electron chi connectivity index (χ2n) is 6.34. The van der Waals surface area contributed by atoms with Crippen molar-refractivity contribution in [2.45, 2.75) is 6.04 Å². The van der Waals surface area contributed by atoms with Gasteiger partial charge in [-0.25, -0.2) is 17.7 Å². The largest absolute Gasteiger partial charge is 0.379 e. The minimum absolute atomic E-state index is 0.102. The summed E-state index contributed by atoms with van der Waals surface area (Å²) < 4.78 is 31.9. The molecule has 0 aliphatic carbocycles. The molecule has 0 aromatic carbocycles. The van der Waals surface area contributed by atoms with E-state index in [1.54, 1.807) is 18.2 Å². The van der Waals surface area contributed by atoms with E-state index in [4.69, 9.17) is 4.74 Å². The van der Waals surface area contributed by atoms with Gasteiger partial charge in [0.2, 0.25) is 10.0 Å². The maximum absolute atomic E-state index is 12.5. The van der Waals surface area contributed by atoms with Crippen LogP contribution < -0.4 is 10.9 Å². The highest BCUT2D eigenvalue weighted by Crippen LogP contribution is 2.17. The second kappa shape index (κ2) is 7.14. The lowest BCUT2D eigenvalue weighted by atomic mass is 10.1. The first kappa shape index (κ1) is 18.5. The number of nitrogens with one attached hydrogen (secondary N) is 1. The van der Waals surface area contributed by atoms with Crippen molar-refractivity contribution in [1.29, 1.82) is 0 Å². The fraction of sp³-hybridized carbons (Fsp3) is 0.438. The molecule has 0 saturated carbocycles. The molecule has 3 rings (SSSR count). The second-order valence-corrected chi connectivity index (χ2v) is 8.57. The van der Waals surface area contributed by atoms with Crippen LogP contribution in [0.2, 0.25) is 0 Å². The van der Waals surface area contributed by atoms with Crippen molar-refractivity contribution in [2.75, 3.05) is 33.1 Å². The van der Waals surface area contributed by atoms with Crippen molar-refractivity contribution in [3.63, 3.8) is 0 Å². The number of nitrogens with zero attached hydrogens (tertiary/aromatic N) is 3. The average molecular weight is 380 g/mol. The van der Waals surface area contributed by atoms with Crippen LogP contribution >= 0.6 is 0 Å². The van der Waals surface area contributed by atoms with Gasteiger partial charge < -0.3 is 10.1 Å². The van der Waals surface area contributed by atoms with E-state index in [2.05, 4.69) is 10.3 Å². The zero-order chi connectivity index (χ0) is 18.9. The summed E-state index contributed by atoms with van der Waals surface area (Å²) in [6.45, 7) is 0.425. The van der Waals surface area contributed by atoms with E-state index in [1.807, 2.05) is 0 Å². The molecule has 3 heterocycles. The molecule has 1 saturated heterocycles. The number of fused-ring (bicyclic) bond motifs is 1. The van der Waals surface area contributed by atoms with Gasteiger partial charge in [-0.1, -0.05) is 6.07 Å². The van der Waals surface area contributed by atoms with Crippen molar-refractivity contribution in [3.05, 3.63) is 46.5 Å². The predicted octanol–water partition coefficient (Wildman–Crippen LogP) is -0.669. The highest BCUT2D eigenvalue weighted by atomic mass is 32.2. The molecule has 10 heteroatoms. The molecule has 0 spiro atoms. The van der Waals surface area contributed by atoms with Gasteiger partial charge >= 0.3 is 0 Å². The number of ether oxygens (including phenoxy) is 1. The molecule has 1 fully saturated rings. The SMILES string of the molecule is CN(C)S(=O)(=O)C[C@@H]1COC[C@@H]1NC(=O)c1cnc2ccccn2c1=O. The first-order chi connectivity index (χ1) is 12.3. The van der Waals surface area contributed by atoms with Gasteiger partial charge in [0.25, 0.3) is 11.5 Å². The molecule has 2 aromatic heterocycles. The summed E-state index contributed by atoms with van der Waals surface area (Å²) in [5.74, 6) is -1.12. The first-order valence-corrected chi connectivity index (χ1v) is 9.66. The number of pyridine rings is 1. The topological polar surface area (TPSA) is 110 Å². The molecular formula is C16H20N4O5S. The Balaban J connectivity index is 1.79. The van der Waals surface area contributed by atoms with Crippen molar-refractivity contribution in [1.82, 2.24) is 19.0 Å². The lowest BCUT2D eigenvalue weighted by Gasteiger charge is -2.20. The van der Waals surface area contributed by atoms with Gasteiger partial charge in [0.15, 0.2) is 0 Å². The Hall–Kier alpha value is -2.30. The maximum Gasteiger partial charge on any atom is 0.270 e. The maximum atomic E-state index is 12.5. The molecule has 2 atom stereocenters. The molecule has 0 unspecified atom stereocenters. The smallest absolute Gasteiger partial charge is 0.270 e. The summed E-state index contributed by atoms with van der Waals surface area (Å²) in [5.41, 5.74) is -0.146. The van der Waals surface area contributed by atoms with Crippen LogP contribution in [0.15, 0.2) is 35.4 Å². The van der Waals surface area contributed by atoms with Crippen LogP contribution in [-0.4, -0.2) is 67.1 Å². The monoisotopic (exact) mass is 380 g/mol. The van der Waals surface area contributed by atoms with Crippen LogP contribution in [0.25, 0.3) is 5.65 Å². The number of aromatic nitrogens is 2. The molecule has 140 valence electrons. The third-order valence-electron chi connectivity index (χ3n) is 4.35. The van der Waals surface area contributed by atoms with Crippen LogP contribution in [0.5, 0.6) is 0 Å². The van der Waals surface area contributed by atoms with Crippen LogP contribution in [-0.2, 0) is 14.8 Å². The van der Waals surface area contributed by atoms with Gasteiger partial charge in [-0.15, -0.1) is 0 Å². The standard InChI is InChI=1S/C16H20N4O5S/c1-19(2)26(23,24)10-11-8-25-9-13(11)18-15(21)12-7-17-14-5-3-4-6-20(14)16(12)22/h3-7,11,13H,8-10H2,1-2H3,(H,18,21)/t11-,13-/m0/s1. The molecule has 2 aromatic rings. The lowest BCUT2D eigenvalue weighted by Crippen LogP contribution is -2.45. The van der Waals surface area contributed by atoms with E-state index in [9.17, 15) is 18.0 Å². The molecular weight excluding hydrogens is 360 g/mol. The Morgan fingerprint density at radius 3 is 2.88 bits per heavy atom. The predicted molar refractivity (Wildman–Crippen MR) is 94.5 cm³/mol. The van der Waals surface area contributed by atoms with E-state index < -0.39 is 27.5 Å². The summed E-state index contributed by atoms with van der Waals surface area (Å²) in [7, 11) is -0.511.